The summed E-state index contributed by atoms with van der Waals surface area (Å²) in [6.45, 7) is 3.84. The van der Waals surface area contributed by atoms with Crippen molar-refractivity contribution in [1.82, 2.24) is 20.2 Å². The Morgan fingerprint density at radius 1 is 1.24 bits per heavy atom. The number of hydrogen-bond acceptors (Lipinski definition) is 7. The molecule has 0 radical (unpaired) electrons. The monoisotopic (exact) mass is 358 g/mol. The second-order valence-corrected chi connectivity index (χ2v) is 7.74. The van der Waals surface area contributed by atoms with Crippen LogP contribution < -0.4 is 11.1 Å². The molecule has 3 rings (SSSR count). The SMILES string of the molecule is Cc1n[nH]c(-c2cnc(Nc3cccc(S(C)(=O)=O)c3)nc2N)c1C. The van der Waals surface area contributed by atoms with Gasteiger partial charge in [0.2, 0.25) is 5.95 Å². The molecule has 4 N–H and O–H groups in total. The average molecular weight is 358 g/mol. The van der Waals surface area contributed by atoms with Crippen LogP contribution in [0, 0.1) is 13.8 Å². The smallest absolute Gasteiger partial charge is 0.229 e. The maximum atomic E-state index is 11.6. The number of aromatic nitrogens is 4. The van der Waals surface area contributed by atoms with Crippen molar-refractivity contribution in [2.75, 3.05) is 17.3 Å². The van der Waals surface area contributed by atoms with Crippen LogP contribution in [0.2, 0.25) is 0 Å². The van der Waals surface area contributed by atoms with Crippen molar-refractivity contribution in [2.45, 2.75) is 18.7 Å². The first-order valence-electron chi connectivity index (χ1n) is 7.47. The number of benzene rings is 1. The van der Waals surface area contributed by atoms with Crippen LogP contribution in [0.15, 0.2) is 35.4 Å². The number of hydrogen-bond donors (Lipinski definition) is 3. The van der Waals surface area contributed by atoms with Gasteiger partial charge in [-0.2, -0.15) is 10.1 Å². The molecule has 0 saturated heterocycles. The number of nitrogens with one attached hydrogen (secondary N) is 2. The molecule has 0 spiro atoms. The van der Waals surface area contributed by atoms with E-state index < -0.39 is 9.84 Å². The second kappa shape index (κ2) is 6.17. The van der Waals surface area contributed by atoms with Gasteiger partial charge in [-0.05, 0) is 37.6 Å². The van der Waals surface area contributed by atoms with Gasteiger partial charge in [0.1, 0.15) is 5.82 Å². The molecular weight excluding hydrogens is 340 g/mol. The number of rotatable bonds is 4. The highest BCUT2D eigenvalue weighted by Gasteiger charge is 2.13. The lowest BCUT2D eigenvalue weighted by atomic mass is 10.1. The predicted molar refractivity (Wildman–Crippen MR) is 96.3 cm³/mol. The Labute approximate surface area is 145 Å². The van der Waals surface area contributed by atoms with E-state index >= 15 is 0 Å². The van der Waals surface area contributed by atoms with E-state index in [2.05, 4.69) is 25.5 Å². The van der Waals surface area contributed by atoms with Gasteiger partial charge in [-0.25, -0.2) is 13.4 Å². The Hall–Kier alpha value is -2.94. The molecule has 0 atom stereocenters. The van der Waals surface area contributed by atoms with Gasteiger partial charge in [0.15, 0.2) is 9.84 Å². The quantitative estimate of drug-likeness (QED) is 0.652. The molecule has 2 heterocycles. The maximum absolute atomic E-state index is 11.6. The third-order valence-electron chi connectivity index (χ3n) is 3.86. The number of nitrogens with zero attached hydrogens (tertiary/aromatic N) is 3. The summed E-state index contributed by atoms with van der Waals surface area (Å²) in [6, 6.07) is 6.42. The molecule has 0 aliphatic rings. The molecular formula is C16H18N6O2S. The third-order valence-corrected chi connectivity index (χ3v) is 4.97. The fourth-order valence-electron chi connectivity index (χ4n) is 2.33. The molecule has 0 aliphatic heterocycles. The van der Waals surface area contributed by atoms with Crippen LogP contribution in [0.1, 0.15) is 11.3 Å². The fourth-order valence-corrected chi connectivity index (χ4v) is 3.00. The Morgan fingerprint density at radius 3 is 2.60 bits per heavy atom. The molecule has 0 saturated carbocycles. The second-order valence-electron chi connectivity index (χ2n) is 5.73. The van der Waals surface area contributed by atoms with Crippen molar-refractivity contribution < 1.29 is 8.42 Å². The van der Waals surface area contributed by atoms with Crippen molar-refractivity contribution in [3.8, 4) is 11.3 Å². The Bertz CT molecular complexity index is 1040. The van der Waals surface area contributed by atoms with Gasteiger partial charge < -0.3 is 11.1 Å². The van der Waals surface area contributed by atoms with E-state index in [0.717, 1.165) is 23.2 Å². The Morgan fingerprint density at radius 2 is 2.00 bits per heavy atom. The standard InChI is InChI=1S/C16H18N6O2S/c1-9-10(2)21-22-14(9)13-8-18-16(20-15(13)17)19-11-5-4-6-12(7-11)25(3,23)24/h4-8H,1-3H3,(H,21,22)(H3,17,18,19,20). The number of sulfone groups is 1. The first-order chi connectivity index (χ1) is 11.8. The number of nitrogens with two attached hydrogens (primary N) is 1. The van der Waals surface area contributed by atoms with Gasteiger partial charge in [0.05, 0.1) is 21.8 Å². The van der Waals surface area contributed by atoms with Crippen LogP contribution in [0.4, 0.5) is 17.5 Å². The predicted octanol–water partition coefficient (Wildman–Crippen LogP) is 2.21. The van der Waals surface area contributed by atoms with Crippen molar-refractivity contribution in [3.63, 3.8) is 0 Å². The molecule has 0 bridgehead atoms. The van der Waals surface area contributed by atoms with Crippen molar-refractivity contribution in [1.29, 1.82) is 0 Å². The van der Waals surface area contributed by atoms with Crippen molar-refractivity contribution in [3.05, 3.63) is 41.7 Å². The lowest BCUT2D eigenvalue weighted by Crippen LogP contribution is -2.03. The minimum atomic E-state index is -3.29. The highest BCUT2D eigenvalue weighted by molar-refractivity contribution is 7.90. The summed E-state index contributed by atoms with van der Waals surface area (Å²) in [5, 5.41) is 10.0. The van der Waals surface area contributed by atoms with E-state index in [-0.39, 0.29) is 10.8 Å². The highest BCUT2D eigenvalue weighted by Crippen LogP contribution is 2.27. The summed E-state index contributed by atoms with van der Waals surface area (Å²) < 4.78 is 23.3. The number of H-pyrrole nitrogens is 1. The first-order valence-corrected chi connectivity index (χ1v) is 9.36. The topological polar surface area (TPSA) is 127 Å². The minimum absolute atomic E-state index is 0.214. The third kappa shape index (κ3) is 3.45. The van der Waals surface area contributed by atoms with Gasteiger partial charge in [-0.1, -0.05) is 6.07 Å². The lowest BCUT2D eigenvalue weighted by molar-refractivity contribution is 0.602. The van der Waals surface area contributed by atoms with Crippen LogP contribution in [-0.4, -0.2) is 34.8 Å². The lowest BCUT2D eigenvalue weighted by Gasteiger charge is -2.09. The average Bonchev–Trinajstić information content (AvgIpc) is 2.87. The van der Waals surface area contributed by atoms with Gasteiger partial charge in [0, 0.05) is 18.1 Å². The first kappa shape index (κ1) is 16.9. The van der Waals surface area contributed by atoms with Crippen molar-refractivity contribution >= 4 is 27.3 Å². The molecule has 9 heteroatoms. The normalized spacial score (nSPS) is 11.5. The Kier molecular flexibility index (Phi) is 4.17. The molecule has 3 aromatic rings. The molecule has 130 valence electrons. The molecule has 8 nitrogen and oxygen atoms in total. The van der Waals surface area contributed by atoms with Crippen molar-refractivity contribution in [2.24, 2.45) is 0 Å². The fraction of sp³-hybridized carbons (Fsp3) is 0.188. The van der Waals surface area contributed by atoms with Gasteiger partial charge in [-0.3, -0.25) is 5.10 Å². The Balaban J connectivity index is 1.91. The zero-order chi connectivity index (χ0) is 18.2. The molecule has 0 unspecified atom stereocenters. The molecule has 2 aromatic heterocycles. The van der Waals surface area contributed by atoms with Crippen LogP contribution in [0.25, 0.3) is 11.3 Å². The summed E-state index contributed by atoms with van der Waals surface area (Å²) in [5.74, 6) is 0.573. The van der Waals surface area contributed by atoms with Gasteiger partial charge in [-0.15, -0.1) is 0 Å². The number of aryl methyl sites for hydroxylation is 1. The highest BCUT2D eigenvalue weighted by atomic mass is 32.2. The summed E-state index contributed by atoms with van der Waals surface area (Å²) in [5.41, 5.74) is 9.91. The van der Waals surface area contributed by atoms with Crippen LogP contribution >= 0.6 is 0 Å². The summed E-state index contributed by atoms with van der Waals surface area (Å²) in [6.07, 6.45) is 2.76. The summed E-state index contributed by atoms with van der Waals surface area (Å²) in [4.78, 5) is 8.71. The number of nitrogen functional groups attached to an aromatic ring is 1. The number of aromatic amines is 1. The van der Waals surface area contributed by atoms with Gasteiger partial charge >= 0.3 is 0 Å². The molecule has 25 heavy (non-hydrogen) atoms. The van der Waals surface area contributed by atoms with E-state index in [4.69, 9.17) is 5.73 Å². The zero-order valence-corrected chi connectivity index (χ0v) is 14.8. The largest absolute Gasteiger partial charge is 0.383 e. The molecule has 0 fully saturated rings. The molecule has 0 amide bonds. The number of anilines is 3. The van der Waals surface area contributed by atoms with Crippen LogP contribution in [0.5, 0.6) is 0 Å². The summed E-state index contributed by atoms with van der Waals surface area (Å²) >= 11 is 0. The van der Waals surface area contributed by atoms with E-state index in [1.54, 1.807) is 18.3 Å². The van der Waals surface area contributed by atoms with E-state index in [1.807, 2.05) is 13.8 Å². The van der Waals surface area contributed by atoms with Crippen LogP contribution in [0.3, 0.4) is 0 Å². The summed E-state index contributed by atoms with van der Waals surface area (Å²) in [7, 11) is -3.29. The van der Waals surface area contributed by atoms with Gasteiger partial charge in [0.25, 0.3) is 0 Å². The molecule has 1 aromatic carbocycles. The molecule has 0 aliphatic carbocycles. The van der Waals surface area contributed by atoms with E-state index in [9.17, 15) is 8.42 Å². The maximum Gasteiger partial charge on any atom is 0.229 e. The van der Waals surface area contributed by atoms with E-state index in [0.29, 0.717) is 17.1 Å². The van der Waals surface area contributed by atoms with Crippen LogP contribution in [-0.2, 0) is 9.84 Å². The minimum Gasteiger partial charge on any atom is -0.383 e. The zero-order valence-electron chi connectivity index (χ0n) is 14.0. The van der Waals surface area contributed by atoms with E-state index in [1.165, 1.54) is 12.1 Å².